The molecular formula is C9H11B2N. The van der Waals surface area contributed by atoms with Crippen LogP contribution in [0, 0.1) is 6.92 Å². The fourth-order valence-corrected chi connectivity index (χ4v) is 1.04. The topological polar surface area (TPSA) is 12.9 Å². The van der Waals surface area contributed by atoms with E-state index in [0.29, 0.717) is 0 Å². The van der Waals surface area contributed by atoms with Crippen LogP contribution in [-0.4, -0.2) is 20.7 Å². The van der Waals surface area contributed by atoms with Crippen LogP contribution in [0.1, 0.15) is 24.6 Å². The van der Waals surface area contributed by atoms with Gasteiger partial charge in [-0.05, 0) is 19.1 Å². The molecule has 1 aromatic rings. The zero-order chi connectivity index (χ0) is 9.19. The van der Waals surface area contributed by atoms with E-state index in [1.807, 2.05) is 26.0 Å². The van der Waals surface area contributed by atoms with Gasteiger partial charge in [-0.2, -0.15) is 0 Å². The van der Waals surface area contributed by atoms with Crippen LogP contribution in [0.4, 0.5) is 0 Å². The Labute approximate surface area is 76.4 Å². The summed E-state index contributed by atoms with van der Waals surface area (Å²) >= 11 is 0. The van der Waals surface area contributed by atoms with Crippen molar-refractivity contribution < 1.29 is 0 Å². The van der Waals surface area contributed by atoms with Crippen LogP contribution in [0.3, 0.4) is 0 Å². The molecule has 0 spiro atoms. The molecule has 0 amide bonds. The Balaban J connectivity index is 3.03. The predicted octanol–water partition coefficient (Wildman–Crippen LogP) is 1.29. The first kappa shape index (κ1) is 9.37. The third kappa shape index (κ3) is 1.90. The van der Waals surface area contributed by atoms with E-state index in [1.165, 1.54) is 0 Å². The minimum absolute atomic E-state index is 0.715. The van der Waals surface area contributed by atoms with Crippen LogP contribution in [0.2, 0.25) is 0 Å². The van der Waals surface area contributed by atoms with Crippen molar-refractivity contribution in [1.82, 2.24) is 4.98 Å². The summed E-state index contributed by atoms with van der Waals surface area (Å²) in [5, 5.41) is -0.715. The number of hydrogen-bond acceptors (Lipinski definition) is 1. The minimum Gasteiger partial charge on any atom is -0.262 e. The van der Waals surface area contributed by atoms with Crippen molar-refractivity contribution in [2.75, 3.05) is 0 Å². The van der Waals surface area contributed by atoms with Gasteiger partial charge in [-0.25, -0.2) is 0 Å². The van der Waals surface area contributed by atoms with Gasteiger partial charge in [0.15, 0.2) is 0 Å². The number of hydrogen-bond donors (Lipinski definition) is 0. The highest BCUT2D eigenvalue weighted by atomic mass is 14.6. The maximum Gasteiger partial charge on any atom is 0.0682 e. The van der Waals surface area contributed by atoms with E-state index in [9.17, 15) is 0 Å². The molecule has 58 valence electrons. The molecule has 0 saturated carbocycles. The number of aryl methyl sites for hydroxylation is 1. The van der Waals surface area contributed by atoms with Crippen LogP contribution in [0.15, 0.2) is 18.3 Å². The van der Waals surface area contributed by atoms with Crippen LogP contribution in [0.25, 0.3) is 0 Å². The summed E-state index contributed by atoms with van der Waals surface area (Å²) in [4.78, 5) is 4.08. The smallest absolute Gasteiger partial charge is 0.0682 e. The van der Waals surface area contributed by atoms with Crippen molar-refractivity contribution in [3.05, 3.63) is 29.6 Å². The minimum atomic E-state index is -0.715. The predicted molar refractivity (Wildman–Crippen MR) is 52.5 cm³/mol. The van der Waals surface area contributed by atoms with E-state index in [2.05, 4.69) is 4.98 Å². The molecule has 0 unspecified atom stereocenters. The Hall–Kier alpha value is -0.720. The second-order valence-corrected chi connectivity index (χ2v) is 3.08. The van der Waals surface area contributed by atoms with Crippen molar-refractivity contribution >= 4 is 15.7 Å². The monoisotopic (exact) mass is 155 g/mol. The van der Waals surface area contributed by atoms with E-state index in [4.69, 9.17) is 15.7 Å². The SMILES string of the molecule is [B]C([B])(CC)c1ccnc(C)c1. The van der Waals surface area contributed by atoms with E-state index in [0.717, 1.165) is 17.7 Å². The summed E-state index contributed by atoms with van der Waals surface area (Å²) in [6, 6.07) is 3.78. The summed E-state index contributed by atoms with van der Waals surface area (Å²) < 4.78 is 0. The van der Waals surface area contributed by atoms with Gasteiger partial charge in [0, 0.05) is 11.9 Å². The van der Waals surface area contributed by atoms with Crippen molar-refractivity contribution in [1.29, 1.82) is 0 Å². The van der Waals surface area contributed by atoms with E-state index in [-0.39, 0.29) is 0 Å². The summed E-state index contributed by atoms with van der Waals surface area (Å²) in [6.07, 6.45) is 2.45. The van der Waals surface area contributed by atoms with E-state index in [1.54, 1.807) is 6.20 Å². The second kappa shape index (κ2) is 3.34. The first-order valence-electron chi connectivity index (χ1n) is 4.07. The Kier molecular flexibility index (Phi) is 2.61. The molecule has 3 heteroatoms. The van der Waals surface area contributed by atoms with Gasteiger partial charge in [0.05, 0.1) is 15.7 Å². The second-order valence-electron chi connectivity index (χ2n) is 3.08. The van der Waals surface area contributed by atoms with Gasteiger partial charge in [-0.3, -0.25) is 4.98 Å². The number of nitrogens with zero attached hydrogens (tertiary/aromatic N) is 1. The molecule has 1 heterocycles. The van der Waals surface area contributed by atoms with Crippen molar-refractivity contribution in [2.45, 2.75) is 25.5 Å². The first-order valence-corrected chi connectivity index (χ1v) is 4.07. The summed E-state index contributed by atoms with van der Waals surface area (Å²) in [6.45, 7) is 3.89. The molecule has 0 aliphatic heterocycles. The summed E-state index contributed by atoms with van der Waals surface area (Å²) in [7, 11) is 11.7. The van der Waals surface area contributed by atoms with Gasteiger partial charge in [-0.15, -0.1) is 0 Å². The van der Waals surface area contributed by atoms with Crippen LogP contribution in [0.5, 0.6) is 0 Å². The molecule has 0 bridgehead atoms. The lowest BCUT2D eigenvalue weighted by Gasteiger charge is -2.24. The van der Waals surface area contributed by atoms with E-state index < -0.39 is 5.21 Å². The average Bonchev–Trinajstić information content (AvgIpc) is 2.05. The standard InChI is InChI=1S/C9H11B2N/c1-3-9(10,11)8-4-5-12-7(2)6-8/h4-6H,3H2,1-2H3. The summed E-state index contributed by atoms with van der Waals surface area (Å²) in [5.74, 6) is 0. The molecule has 0 fully saturated rings. The average molecular weight is 155 g/mol. The van der Waals surface area contributed by atoms with Gasteiger partial charge in [0.2, 0.25) is 0 Å². The molecule has 4 radical (unpaired) electrons. The lowest BCUT2D eigenvalue weighted by atomic mass is 9.50. The Bertz CT molecular complexity index is 271. The van der Waals surface area contributed by atoms with Crippen molar-refractivity contribution in [3.8, 4) is 0 Å². The highest BCUT2D eigenvalue weighted by Gasteiger charge is 2.16. The maximum atomic E-state index is 5.86. The molecule has 1 rings (SSSR count). The Morgan fingerprint density at radius 1 is 1.50 bits per heavy atom. The molecule has 0 aromatic carbocycles. The van der Waals surface area contributed by atoms with Gasteiger partial charge in [0.1, 0.15) is 0 Å². The number of aromatic nitrogens is 1. The van der Waals surface area contributed by atoms with Crippen molar-refractivity contribution in [2.24, 2.45) is 0 Å². The molecular weight excluding hydrogens is 144 g/mol. The molecule has 0 aliphatic carbocycles. The zero-order valence-electron chi connectivity index (χ0n) is 7.54. The molecule has 1 aromatic heterocycles. The van der Waals surface area contributed by atoms with Gasteiger partial charge >= 0.3 is 0 Å². The largest absolute Gasteiger partial charge is 0.262 e. The first-order chi connectivity index (χ1) is 5.56. The maximum absolute atomic E-state index is 5.86. The summed E-state index contributed by atoms with van der Waals surface area (Å²) in [5.41, 5.74) is 1.89. The Morgan fingerprint density at radius 3 is 2.67 bits per heavy atom. The zero-order valence-corrected chi connectivity index (χ0v) is 7.54. The lowest BCUT2D eigenvalue weighted by Crippen LogP contribution is -2.25. The van der Waals surface area contributed by atoms with Crippen LogP contribution < -0.4 is 0 Å². The van der Waals surface area contributed by atoms with Gasteiger partial charge in [-0.1, -0.05) is 24.1 Å². The van der Waals surface area contributed by atoms with E-state index >= 15 is 0 Å². The third-order valence-electron chi connectivity index (χ3n) is 2.02. The highest BCUT2D eigenvalue weighted by Crippen LogP contribution is 2.19. The molecule has 0 N–H and O–H groups in total. The molecule has 1 nitrogen and oxygen atoms in total. The van der Waals surface area contributed by atoms with Gasteiger partial charge in [0.25, 0.3) is 0 Å². The fraction of sp³-hybridized carbons (Fsp3) is 0.444. The normalized spacial score (nSPS) is 11.5. The van der Waals surface area contributed by atoms with Crippen LogP contribution >= 0.6 is 0 Å². The third-order valence-corrected chi connectivity index (χ3v) is 2.02. The molecule has 0 atom stereocenters. The van der Waals surface area contributed by atoms with Gasteiger partial charge < -0.3 is 0 Å². The molecule has 0 aliphatic rings. The molecule has 12 heavy (non-hydrogen) atoms. The number of rotatable bonds is 2. The number of pyridine rings is 1. The highest BCUT2D eigenvalue weighted by molar-refractivity contribution is 6.40. The quantitative estimate of drug-likeness (QED) is 0.586. The fourth-order valence-electron chi connectivity index (χ4n) is 1.04. The Morgan fingerprint density at radius 2 is 2.17 bits per heavy atom. The molecule has 0 saturated heterocycles. The lowest BCUT2D eigenvalue weighted by molar-refractivity contribution is 0.797. The van der Waals surface area contributed by atoms with Crippen molar-refractivity contribution in [3.63, 3.8) is 0 Å². The van der Waals surface area contributed by atoms with Crippen LogP contribution in [-0.2, 0) is 5.21 Å².